The minimum absolute atomic E-state index is 0.0941. The number of aromatic nitrogens is 1. The van der Waals surface area contributed by atoms with E-state index in [4.69, 9.17) is 0 Å². The first kappa shape index (κ1) is 10.2. The summed E-state index contributed by atoms with van der Waals surface area (Å²) in [5.74, 6) is 0.376. The first-order valence-electron chi connectivity index (χ1n) is 5.85. The topological polar surface area (TPSA) is 30.0 Å². The summed E-state index contributed by atoms with van der Waals surface area (Å²) in [5.41, 5.74) is 3.23. The third-order valence-corrected chi connectivity index (χ3v) is 3.32. The summed E-state index contributed by atoms with van der Waals surface area (Å²) in [5, 5.41) is 0. The van der Waals surface area contributed by atoms with Gasteiger partial charge in [-0.3, -0.25) is 9.78 Å². The van der Waals surface area contributed by atoms with Gasteiger partial charge in [0.1, 0.15) is 0 Å². The maximum absolute atomic E-state index is 12.2. The second kappa shape index (κ2) is 4.13. The number of hydrogen-bond acceptors (Lipinski definition) is 2. The molecule has 2 aromatic rings. The number of ketones is 1. The summed E-state index contributed by atoms with van der Waals surface area (Å²) >= 11 is 0. The lowest BCUT2D eigenvalue weighted by atomic mass is 9.97. The number of rotatable bonds is 2. The number of carbonyl (C=O) groups is 1. The summed E-state index contributed by atoms with van der Waals surface area (Å²) in [6, 6.07) is 11.9. The van der Waals surface area contributed by atoms with Crippen molar-refractivity contribution in [3.05, 3.63) is 65.5 Å². The largest absolute Gasteiger partial charge is 0.294 e. The van der Waals surface area contributed by atoms with Crippen molar-refractivity contribution in [2.45, 2.75) is 12.8 Å². The number of hydrogen-bond donors (Lipinski definition) is 0. The molecule has 1 heterocycles. The van der Waals surface area contributed by atoms with Crippen LogP contribution in [-0.2, 0) is 12.8 Å². The molecule has 2 heteroatoms. The highest BCUT2D eigenvalue weighted by molar-refractivity contribution is 6.02. The molecule has 0 unspecified atom stereocenters. The van der Waals surface area contributed by atoms with Gasteiger partial charge >= 0.3 is 0 Å². The van der Waals surface area contributed by atoms with Gasteiger partial charge in [-0.1, -0.05) is 30.3 Å². The fourth-order valence-electron chi connectivity index (χ4n) is 2.49. The predicted molar refractivity (Wildman–Crippen MR) is 65.9 cm³/mol. The van der Waals surface area contributed by atoms with E-state index in [-0.39, 0.29) is 11.7 Å². The van der Waals surface area contributed by atoms with E-state index in [0.29, 0.717) is 0 Å². The molecule has 1 aromatic heterocycles. The SMILES string of the molecule is O=C1c2ccccc2C[C@@H]1Cc1cccnc1. The Kier molecular flexibility index (Phi) is 2.48. The molecule has 1 aliphatic carbocycles. The van der Waals surface area contributed by atoms with Gasteiger partial charge in [0, 0.05) is 23.9 Å². The Bertz CT molecular complexity index is 548. The van der Waals surface area contributed by atoms with Crippen molar-refractivity contribution in [2.24, 2.45) is 5.92 Å². The molecule has 0 spiro atoms. The fourth-order valence-corrected chi connectivity index (χ4v) is 2.49. The van der Waals surface area contributed by atoms with Crippen molar-refractivity contribution in [2.75, 3.05) is 0 Å². The second-order valence-electron chi connectivity index (χ2n) is 4.49. The van der Waals surface area contributed by atoms with Crippen molar-refractivity contribution in [3.8, 4) is 0 Å². The van der Waals surface area contributed by atoms with E-state index in [0.717, 1.165) is 24.0 Å². The summed E-state index contributed by atoms with van der Waals surface area (Å²) < 4.78 is 0. The predicted octanol–water partition coefficient (Wildman–Crippen LogP) is 2.68. The zero-order chi connectivity index (χ0) is 11.7. The van der Waals surface area contributed by atoms with Gasteiger partial charge in [0.25, 0.3) is 0 Å². The number of nitrogens with zero attached hydrogens (tertiary/aromatic N) is 1. The van der Waals surface area contributed by atoms with Crippen molar-refractivity contribution >= 4 is 5.78 Å². The van der Waals surface area contributed by atoms with E-state index in [1.54, 1.807) is 6.20 Å². The normalized spacial score (nSPS) is 18.1. The third-order valence-electron chi connectivity index (χ3n) is 3.32. The molecular weight excluding hydrogens is 210 g/mol. The summed E-state index contributed by atoms with van der Waals surface area (Å²) in [4.78, 5) is 16.3. The summed E-state index contributed by atoms with van der Waals surface area (Å²) in [6.07, 6.45) is 5.26. The second-order valence-corrected chi connectivity index (χ2v) is 4.49. The Hall–Kier alpha value is -1.96. The van der Waals surface area contributed by atoms with E-state index in [1.165, 1.54) is 5.56 Å². The van der Waals surface area contributed by atoms with Crippen LogP contribution in [0.3, 0.4) is 0 Å². The van der Waals surface area contributed by atoms with Crippen molar-refractivity contribution in [3.63, 3.8) is 0 Å². The maximum atomic E-state index is 12.2. The molecule has 0 radical (unpaired) electrons. The molecule has 0 N–H and O–H groups in total. The molecule has 2 nitrogen and oxygen atoms in total. The molecule has 0 saturated heterocycles. The number of Topliss-reactive ketones (excluding diaryl/α,β-unsaturated/α-hetero) is 1. The van der Waals surface area contributed by atoms with Gasteiger partial charge < -0.3 is 0 Å². The van der Waals surface area contributed by atoms with Gasteiger partial charge in [-0.05, 0) is 30.0 Å². The Balaban J connectivity index is 1.83. The highest BCUT2D eigenvalue weighted by Crippen LogP contribution is 2.28. The minimum atomic E-state index is 0.0941. The highest BCUT2D eigenvalue weighted by Gasteiger charge is 2.29. The minimum Gasteiger partial charge on any atom is -0.294 e. The van der Waals surface area contributed by atoms with Crippen LogP contribution >= 0.6 is 0 Å². The Morgan fingerprint density at radius 3 is 2.82 bits per heavy atom. The van der Waals surface area contributed by atoms with Crippen molar-refractivity contribution < 1.29 is 4.79 Å². The van der Waals surface area contributed by atoms with Crippen LogP contribution in [0, 0.1) is 5.92 Å². The molecule has 1 aliphatic rings. The van der Waals surface area contributed by atoms with Crippen LogP contribution in [0.1, 0.15) is 21.5 Å². The molecular formula is C15H13NO. The Morgan fingerprint density at radius 2 is 2.06 bits per heavy atom. The van der Waals surface area contributed by atoms with Gasteiger partial charge in [0.15, 0.2) is 5.78 Å². The average molecular weight is 223 g/mol. The lowest BCUT2D eigenvalue weighted by molar-refractivity contribution is 0.0936. The van der Waals surface area contributed by atoms with Crippen molar-refractivity contribution in [1.82, 2.24) is 4.98 Å². The number of benzene rings is 1. The van der Waals surface area contributed by atoms with Gasteiger partial charge in [-0.25, -0.2) is 0 Å². The number of fused-ring (bicyclic) bond motifs is 1. The molecule has 84 valence electrons. The van der Waals surface area contributed by atoms with Crippen LogP contribution in [-0.4, -0.2) is 10.8 Å². The monoisotopic (exact) mass is 223 g/mol. The van der Waals surface area contributed by atoms with Gasteiger partial charge in [0.2, 0.25) is 0 Å². The zero-order valence-electron chi connectivity index (χ0n) is 9.47. The first-order valence-corrected chi connectivity index (χ1v) is 5.85. The van der Waals surface area contributed by atoms with Crippen LogP contribution in [0.25, 0.3) is 0 Å². The van der Waals surface area contributed by atoms with E-state index in [1.807, 2.05) is 36.5 Å². The molecule has 1 aromatic carbocycles. The highest BCUT2D eigenvalue weighted by atomic mass is 16.1. The molecule has 3 rings (SSSR count). The standard InChI is InChI=1S/C15H13NO/c17-15-13(8-11-4-3-7-16-10-11)9-12-5-1-2-6-14(12)15/h1-7,10,13H,8-9H2/t13-/m0/s1. The number of carbonyl (C=O) groups excluding carboxylic acids is 1. The average Bonchev–Trinajstić information content (AvgIpc) is 2.68. The molecule has 0 bridgehead atoms. The third kappa shape index (κ3) is 1.86. The molecule has 0 saturated carbocycles. The first-order chi connectivity index (χ1) is 8.34. The van der Waals surface area contributed by atoms with E-state index in [2.05, 4.69) is 11.1 Å². The number of pyridine rings is 1. The summed E-state index contributed by atoms with van der Waals surface area (Å²) in [7, 11) is 0. The van der Waals surface area contributed by atoms with Gasteiger partial charge in [0.05, 0.1) is 0 Å². The van der Waals surface area contributed by atoms with Crippen LogP contribution in [0.15, 0.2) is 48.8 Å². The maximum Gasteiger partial charge on any atom is 0.166 e. The van der Waals surface area contributed by atoms with Crippen LogP contribution in [0.5, 0.6) is 0 Å². The summed E-state index contributed by atoms with van der Waals surface area (Å²) in [6.45, 7) is 0. The quantitative estimate of drug-likeness (QED) is 0.783. The van der Waals surface area contributed by atoms with Crippen LogP contribution < -0.4 is 0 Å². The Labute approximate surface area is 100 Å². The smallest absolute Gasteiger partial charge is 0.166 e. The zero-order valence-corrected chi connectivity index (χ0v) is 9.47. The lowest BCUT2D eigenvalue weighted by Crippen LogP contribution is -2.12. The van der Waals surface area contributed by atoms with Crippen LogP contribution in [0.4, 0.5) is 0 Å². The molecule has 0 amide bonds. The van der Waals surface area contributed by atoms with Crippen LogP contribution in [0.2, 0.25) is 0 Å². The molecule has 17 heavy (non-hydrogen) atoms. The molecule has 0 fully saturated rings. The van der Waals surface area contributed by atoms with Gasteiger partial charge in [-0.2, -0.15) is 0 Å². The molecule has 0 aliphatic heterocycles. The fraction of sp³-hybridized carbons (Fsp3) is 0.200. The lowest BCUT2D eigenvalue weighted by Gasteiger charge is -2.06. The molecule has 1 atom stereocenters. The van der Waals surface area contributed by atoms with Gasteiger partial charge in [-0.15, -0.1) is 0 Å². The van der Waals surface area contributed by atoms with Crippen molar-refractivity contribution in [1.29, 1.82) is 0 Å². The van der Waals surface area contributed by atoms with E-state index >= 15 is 0 Å². The van der Waals surface area contributed by atoms with E-state index in [9.17, 15) is 4.79 Å². The van der Waals surface area contributed by atoms with E-state index < -0.39 is 0 Å². The Morgan fingerprint density at radius 1 is 1.18 bits per heavy atom.